The largest absolute Gasteiger partial charge is 0.416 e. The number of benzene rings is 2. The van der Waals surface area contributed by atoms with E-state index in [1.54, 1.807) is 12.1 Å². The lowest BCUT2D eigenvalue weighted by Crippen LogP contribution is -2.45. The molecule has 1 heterocycles. The smallest absolute Gasteiger partial charge is 0.352 e. The first-order valence-electron chi connectivity index (χ1n) is 9.81. The van der Waals surface area contributed by atoms with Gasteiger partial charge in [0.05, 0.1) is 17.2 Å². The molecular weight excluding hydrogens is 488 g/mol. The number of halogens is 5. The zero-order valence-corrected chi connectivity index (χ0v) is 19.2. The molecule has 174 valence electrons. The Balaban J connectivity index is 1.62. The third kappa shape index (κ3) is 6.37. The van der Waals surface area contributed by atoms with Crippen LogP contribution in [0.15, 0.2) is 42.5 Å². The van der Waals surface area contributed by atoms with Crippen molar-refractivity contribution in [2.45, 2.75) is 31.3 Å². The molecule has 2 aromatic carbocycles. The van der Waals surface area contributed by atoms with Gasteiger partial charge < -0.3 is 5.32 Å². The highest BCUT2D eigenvalue weighted by molar-refractivity contribution is 7.88. The van der Waals surface area contributed by atoms with E-state index in [9.17, 15) is 26.4 Å². The molecule has 1 fully saturated rings. The third-order valence-corrected chi connectivity index (χ3v) is 7.60. The summed E-state index contributed by atoms with van der Waals surface area (Å²) < 4.78 is 65.5. The molecule has 0 saturated carbocycles. The summed E-state index contributed by atoms with van der Waals surface area (Å²) in [5.41, 5.74) is -0.0712. The monoisotopic (exact) mass is 508 g/mol. The quantitative estimate of drug-likeness (QED) is 0.605. The van der Waals surface area contributed by atoms with Crippen molar-refractivity contribution in [3.63, 3.8) is 0 Å². The third-order valence-electron chi connectivity index (χ3n) is 5.22. The zero-order chi connectivity index (χ0) is 23.5. The molecule has 32 heavy (non-hydrogen) atoms. The Morgan fingerprint density at radius 1 is 1.16 bits per heavy atom. The fourth-order valence-corrected chi connectivity index (χ4v) is 5.72. The van der Waals surface area contributed by atoms with Crippen LogP contribution in [0.2, 0.25) is 10.0 Å². The van der Waals surface area contributed by atoms with E-state index in [2.05, 4.69) is 5.32 Å². The number of nitrogens with zero attached hydrogens (tertiary/aromatic N) is 1. The van der Waals surface area contributed by atoms with E-state index < -0.39 is 33.6 Å². The second-order valence-electron chi connectivity index (χ2n) is 7.61. The fraction of sp³-hybridized carbons (Fsp3) is 0.381. The van der Waals surface area contributed by atoms with Crippen LogP contribution in [0.25, 0.3) is 0 Å². The Labute approximate surface area is 194 Å². The maximum atomic E-state index is 12.9. The Kier molecular flexibility index (Phi) is 7.75. The van der Waals surface area contributed by atoms with Gasteiger partial charge in [0.25, 0.3) is 0 Å². The van der Waals surface area contributed by atoms with E-state index in [0.717, 1.165) is 12.1 Å². The zero-order valence-electron chi connectivity index (χ0n) is 16.8. The van der Waals surface area contributed by atoms with Crippen LogP contribution < -0.4 is 5.32 Å². The lowest BCUT2D eigenvalue weighted by Gasteiger charge is -2.31. The number of piperidine rings is 1. The standard InChI is InChI=1S/C21H21Cl2F3N2O3S/c22-18-7-6-16(19(23)10-18)13-32(30,31)28-8-2-4-15(12-28)20(29)27-11-14-3-1-5-17(9-14)21(24,25)26/h1,3,5-7,9-10,15H,2,4,8,11-13H2,(H,27,29). The van der Waals surface area contributed by atoms with E-state index in [4.69, 9.17) is 23.2 Å². The molecule has 1 aliphatic rings. The van der Waals surface area contributed by atoms with E-state index in [0.29, 0.717) is 29.0 Å². The minimum atomic E-state index is -4.47. The van der Waals surface area contributed by atoms with Crippen molar-refractivity contribution in [2.24, 2.45) is 5.92 Å². The minimum Gasteiger partial charge on any atom is -0.352 e. The minimum absolute atomic E-state index is 0.00195. The molecule has 1 saturated heterocycles. The van der Waals surface area contributed by atoms with Crippen LogP contribution in [0, 0.1) is 5.92 Å². The fourth-order valence-electron chi connectivity index (χ4n) is 3.53. The predicted octanol–water partition coefficient (Wildman–Crippen LogP) is 4.87. The van der Waals surface area contributed by atoms with Gasteiger partial charge in [-0.05, 0) is 48.2 Å². The van der Waals surface area contributed by atoms with Crippen molar-refractivity contribution in [3.8, 4) is 0 Å². The maximum Gasteiger partial charge on any atom is 0.416 e. The summed E-state index contributed by atoms with van der Waals surface area (Å²) in [5, 5.41) is 3.26. The molecule has 1 N–H and O–H groups in total. The Morgan fingerprint density at radius 3 is 2.59 bits per heavy atom. The first-order chi connectivity index (χ1) is 15.0. The number of alkyl halides is 3. The summed E-state index contributed by atoms with van der Waals surface area (Å²) in [6.07, 6.45) is -3.48. The topological polar surface area (TPSA) is 66.5 Å². The van der Waals surface area contributed by atoms with Gasteiger partial charge in [-0.1, -0.05) is 41.4 Å². The van der Waals surface area contributed by atoms with Gasteiger partial charge in [0.1, 0.15) is 0 Å². The number of amides is 1. The first-order valence-corrected chi connectivity index (χ1v) is 12.2. The highest BCUT2D eigenvalue weighted by atomic mass is 35.5. The molecule has 2 aromatic rings. The molecule has 0 radical (unpaired) electrons. The number of nitrogens with one attached hydrogen (secondary N) is 1. The van der Waals surface area contributed by atoms with Crippen molar-refractivity contribution in [3.05, 3.63) is 69.2 Å². The van der Waals surface area contributed by atoms with Gasteiger partial charge in [-0.15, -0.1) is 0 Å². The molecule has 1 aliphatic heterocycles. The normalized spacial score (nSPS) is 17.8. The van der Waals surface area contributed by atoms with E-state index in [-0.39, 0.29) is 30.4 Å². The average molecular weight is 509 g/mol. The second-order valence-corrected chi connectivity index (χ2v) is 10.4. The average Bonchev–Trinajstić information content (AvgIpc) is 2.74. The number of rotatable bonds is 6. The predicted molar refractivity (Wildman–Crippen MR) is 117 cm³/mol. The number of sulfonamides is 1. The van der Waals surface area contributed by atoms with Crippen LogP contribution in [-0.4, -0.2) is 31.7 Å². The van der Waals surface area contributed by atoms with Crippen molar-refractivity contribution in [1.29, 1.82) is 0 Å². The Morgan fingerprint density at radius 2 is 1.91 bits per heavy atom. The van der Waals surface area contributed by atoms with Gasteiger partial charge in [0, 0.05) is 29.7 Å². The summed E-state index contributed by atoms with van der Waals surface area (Å²) in [5.74, 6) is -1.31. The van der Waals surface area contributed by atoms with Gasteiger partial charge in [0.2, 0.25) is 15.9 Å². The maximum absolute atomic E-state index is 12.9. The molecule has 0 spiro atoms. The van der Waals surface area contributed by atoms with Gasteiger partial charge in [-0.2, -0.15) is 13.2 Å². The van der Waals surface area contributed by atoms with Crippen LogP contribution >= 0.6 is 23.2 Å². The lowest BCUT2D eigenvalue weighted by atomic mass is 9.98. The van der Waals surface area contributed by atoms with Crippen LogP contribution in [0.4, 0.5) is 13.2 Å². The highest BCUT2D eigenvalue weighted by Crippen LogP contribution is 2.30. The summed E-state index contributed by atoms with van der Waals surface area (Å²) in [6, 6.07) is 9.28. The molecule has 0 aliphatic carbocycles. The second kappa shape index (κ2) is 9.99. The molecule has 1 atom stereocenters. The Hall–Kier alpha value is -1.81. The van der Waals surface area contributed by atoms with Crippen LogP contribution in [0.3, 0.4) is 0 Å². The van der Waals surface area contributed by atoms with Gasteiger partial charge in [0.15, 0.2) is 0 Å². The van der Waals surface area contributed by atoms with Crippen LogP contribution in [0.1, 0.15) is 29.5 Å². The Bertz CT molecular complexity index is 1090. The number of hydrogen-bond acceptors (Lipinski definition) is 3. The molecule has 11 heteroatoms. The summed E-state index contributed by atoms with van der Waals surface area (Å²) in [4.78, 5) is 12.6. The summed E-state index contributed by atoms with van der Waals surface area (Å²) in [6.45, 7) is 0.208. The van der Waals surface area contributed by atoms with E-state index in [1.165, 1.54) is 22.5 Å². The summed E-state index contributed by atoms with van der Waals surface area (Å²) >= 11 is 11.9. The van der Waals surface area contributed by atoms with Crippen molar-refractivity contribution in [2.75, 3.05) is 13.1 Å². The van der Waals surface area contributed by atoms with Crippen LogP contribution in [-0.2, 0) is 33.3 Å². The SMILES string of the molecule is O=C(NCc1cccc(C(F)(F)F)c1)C1CCCN(S(=O)(=O)Cc2ccc(Cl)cc2Cl)C1. The lowest BCUT2D eigenvalue weighted by molar-refractivity contribution is -0.137. The number of carbonyl (C=O) groups excluding carboxylic acids is 1. The van der Waals surface area contributed by atoms with Gasteiger partial charge in [-0.3, -0.25) is 4.79 Å². The van der Waals surface area contributed by atoms with E-state index in [1.807, 2.05) is 0 Å². The molecule has 5 nitrogen and oxygen atoms in total. The highest BCUT2D eigenvalue weighted by Gasteiger charge is 2.33. The van der Waals surface area contributed by atoms with Crippen molar-refractivity contribution >= 4 is 39.1 Å². The van der Waals surface area contributed by atoms with Gasteiger partial charge in [-0.25, -0.2) is 12.7 Å². The summed E-state index contributed by atoms with van der Waals surface area (Å²) in [7, 11) is -3.73. The molecular formula is C21H21Cl2F3N2O3S. The molecule has 3 rings (SSSR count). The first kappa shape index (κ1) is 24.8. The van der Waals surface area contributed by atoms with Crippen molar-refractivity contribution in [1.82, 2.24) is 9.62 Å². The van der Waals surface area contributed by atoms with Gasteiger partial charge >= 0.3 is 6.18 Å². The van der Waals surface area contributed by atoms with E-state index >= 15 is 0 Å². The number of carbonyl (C=O) groups is 1. The van der Waals surface area contributed by atoms with Crippen molar-refractivity contribution < 1.29 is 26.4 Å². The number of hydrogen-bond donors (Lipinski definition) is 1. The van der Waals surface area contributed by atoms with Crippen LogP contribution in [0.5, 0.6) is 0 Å². The molecule has 1 unspecified atom stereocenters. The molecule has 1 amide bonds. The molecule has 0 aromatic heterocycles. The molecule has 0 bridgehead atoms.